The number of benzene rings is 2. The number of nitrogens with zero attached hydrogens (tertiary/aromatic N) is 2. The quantitative estimate of drug-likeness (QED) is 0.245. The van der Waals surface area contributed by atoms with Crippen LogP contribution in [0, 0.1) is 0 Å². The van der Waals surface area contributed by atoms with Crippen LogP contribution in [0.4, 0.5) is 4.79 Å². The molecule has 0 saturated carbocycles. The third-order valence-corrected chi connectivity index (χ3v) is 13.3. The SMILES string of the molecule is C=C1N[C@H]2[C@H](CO[Si](c3ccccc3)(c3ccccc3)C(C)(C)C)N=C(NC(=O)OCC(Cl)(Cl)Cl)N3[C@@H](C)C=C[C@]23N1. The number of hydrogen-bond acceptors (Lipinski definition) is 7. The number of amides is 1. The molecular formula is C30H36Cl3N5O3Si. The first-order valence-corrected chi connectivity index (χ1v) is 16.9. The third-order valence-electron chi connectivity index (χ3n) is 7.96. The van der Waals surface area contributed by atoms with Gasteiger partial charge in [0.1, 0.15) is 12.6 Å². The van der Waals surface area contributed by atoms with Crippen molar-refractivity contribution >= 4 is 65.5 Å². The van der Waals surface area contributed by atoms with E-state index in [9.17, 15) is 4.79 Å². The van der Waals surface area contributed by atoms with Gasteiger partial charge in [-0.3, -0.25) is 5.32 Å². The van der Waals surface area contributed by atoms with E-state index < -0.39 is 36.5 Å². The van der Waals surface area contributed by atoms with E-state index in [-0.39, 0.29) is 23.7 Å². The minimum absolute atomic E-state index is 0.0848. The highest BCUT2D eigenvalue weighted by molar-refractivity contribution is 6.99. The van der Waals surface area contributed by atoms with Gasteiger partial charge in [0.05, 0.1) is 24.5 Å². The topological polar surface area (TPSA) is 87.2 Å². The number of nitrogens with one attached hydrogen (secondary N) is 3. The summed E-state index contributed by atoms with van der Waals surface area (Å²) in [6.07, 6.45) is 3.38. The van der Waals surface area contributed by atoms with E-state index >= 15 is 0 Å². The summed E-state index contributed by atoms with van der Waals surface area (Å²) < 4.78 is 10.7. The second kappa shape index (κ2) is 11.4. The van der Waals surface area contributed by atoms with Gasteiger partial charge in [-0.15, -0.1) is 0 Å². The van der Waals surface area contributed by atoms with Crippen LogP contribution in [0.25, 0.3) is 0 Å². The number of rotatable bonds is 6. The van der Waals surface area contributed by atoms with Crippen molar-refractivity contribution < 1.29 is 14.0 Å². The predicted octanol–water partition coefficient (Wildman–Crippen LogP) is 4.39. The van der Waals surface area contributed by atoms with Gasteiger partial charge in [-0.05, 0) is 28.4 Å². The number of alkyl halides is 3. The zero-order chi connectivity index (χ0) is 30.3. The maximum Gasteiger partial charge on any atom is 0.414 e. The molecule has 3 N–H and O–H groups in total. The first kappa shape index (κ1) is 30.8. The normalized spacial score (nSPS) is 25.2. The van der Waals surface area contributed by atoms with E-state index in [0.717, 1.165) is 0 Å². The number of ether oxygens (including phenoxy) is 1. The molecule has 0 aliphatic carbocycles. The molecule has 12 heteroatoms. The first-order valence-electron chi connectivity index (χ1n) is 13.8. The number of carbonyl (C=O) groups excluding carboxylic acids is 1. The summed E-state index contributed by atoms with van der Waals surface area (Å²) in [4.78, 5) is 19.9. The Hall–Kier alpha value is -2.69. The smallest absolute Gasteiger partial charge is 0.414 e. The zero-order valence-electron chi connectivity index (χ0n) is 24.0. The molecular weight excluding hydrogens is 613 g/mol. The van der Waals surface area contributed by atoms with Crippen LogP contribution in [0.1, 0.15) is 27.7 Å². The van der Waals surface area contributed by atoms with E-state index in [0.29, 0.717) is 11.8 Å². The molecule has 3 aliphatic rings. The van der Waals surface area contributed by atoms with Crippen molar-refractivity contribution in [3.8, 4) is 0 Å². The fraction of sp³-hybridized carbons (Fsp3) is 0.400. The van der Waals surface area contributed by atoms with Gasteiger partial charge in [0.15, 0.2) is 5.66 Å². The summed E-state index contributed by atoms with van der Waals surface area (Å²) >= 11 is 17.4. The maximum atomic E-state index is 12.8. The highest BCUT2D eigenvalue weighted by atomic mass is 35.6. The van der Waals surface area contributed by atoms with Crippen LogP contribution in [-0.2, 0) is 9.16 Å². The Kier molecular flexibility index (Phi) is 8.37. The van der Waals surface area contributed by atoms with Gasteiger partial charge in [-0.1, -0.05) is 129 Å². The number of guanidine groups is 1. The van der Waals surface area contributed by atoms with Crippen LogP contribution in [0.15, 0.2) is 90.2 Å². The molecule has 1 saturated heterocycles. The molecule has 1 spiro atoms. The minimum Gasteiger partial charge on any atom is -0.445 e. The molecule has 224 valence electrons. The zero-order valence-corrected chi connectivity index (χ0v) is 27.3. The molecule has 2 aromatic rings. The van der Waals surface area contributed by atoms with Gasteiger partial charge in [0.25, 0.3) is 8.32 Å². The Balaban J connectivity index is 1.54. The summed E-state index contributed by atoms with van der Waals surface area (Å²) in [7, 11) is -2.86. The molecule has 1 fully saturated rings. The first-order chi connectivity index (χ1) is 19.8. The Morgan fingerprint density at radius 2 is 1.69 bits per heavy atom. The second-order valence-corrected chi connectivity index (χ2v) is 18.7. The van der Waals surface area contributed by atoms with Gasteiger partial charge < -0.3 is 24.7 Å². The largest absolute Gasteiger partial charge is 0.445 e. The Morgan fingerprint density at radius 1 is 1.10 bits per heavy atom. The van der Waals surface area contributed by atoms with Crippen molar-refractivity contribution in [2.75, 3.05) is 13.2 Å². The van der Waals surface area contributed by atoms with Crippen LogP contribution >= 0.6 is 34.8 Å². The van der Waals surface area contributed by atoms with Gasteiger partial charge in [0, 0.05) is 0 Å². The molecule has 42 heavy (non-hydrogen) atoms. The van der Waals surface area contributed by atoms with Gasteiger partial charge in [-0.2, -0.15) is 0 Å². The van der Waals surface area contributed by atoms with E-state index in [1.807, 2.05) is 24.0 Å². The van der Waals surface area contributed by atoms with E-state index in [1.54, 1.807) is 0 Å². The maximum absolute atomic E-state index is 12.8. The fourth-order valence-electron chi connectivity index (χ4n) is 6.32. The van der Waals surface area contributed by atoms with Crippen molar-refractivity contribution in [3.63, 3.8) is 0 Å². The number of carbonyl (C=O) groups is 1. The van der Waals surface area contributed by atoms with Crippen LogP contribution in [0.5, 0.6) is 0 Å². The molecule has 0 bridgehead atoms. The lowest BCUT2D eigenvalue weighted by molar-refractivity contribution is 0.117. The molecule has 8 nitrogen and oxygen atoms in total. The lowest BCUT2D eigenvalue weighted by atomic mass is 9.93. The van der Waals surface area contributed by atoms with Crippen LogP contribution in [0.3, 0.4) is 0 Å². The average molecular weight is 649 g/mol. The van der Waals surface area contributed by atoms with Gasteiger partial charge in [-0.25, -0.2) is 9.79 Å². The third kappa shape index (κ3) is 5.65. The highest BCUT2D eigenvalue weighted by Gasteiger charge is 2.59. The highest BCUT2D eigenvalue weighted by Crippen LogP contribution is 2.40. The number of halogens is 3. The van der Waals surface area contributed by atoms with E-state index in [2.05, 4.69) is 104 Å². The minimum atomic E-state index is -2.86. The average Bonchev–Trinajstić information content (AvgIpc) is 3.45. The number of aliphatic imine (C=N–C) groups is 1. The molecule has 5 rings (SSSR count). The molecule has 0 unspecified atom stereocenters. The van der Waals surface area contributed by atoms with Crippen molar-refractivity contribution in [1.29, 1.82) is 0 Å². The van der Waals surface area contributed by atoms with Crippen LogP contribution in [0.2, 0.25) is 5.04 Å². The second-order valence-electron chi connectivity index (χ2n) is 11.8. The van der Waals surface area contributed by atoms with Crippen molar-refractivity contribution in [3.05, 3.63) is 85.2 Å². The Morgan fingerprint density at radius 3 is 2.24 bits per heavy atom. The molecule has 1 amide bonds. The molecule has 0 radical (unpaired) electrons. The predicted molar refractivity (Wildman–Crippen MR) is 172 cm³/mol. The fourth-order valence-corrected chi connectivity index (χ4v) is 11.1. The molecule has 3 heterocycles. The summed E-state index contributed by atoms with van der Waals surface area (Å²) in [5.41, 5.74) is -0.727. The number of alkyl carbamates (subject to hydrolysis) is 1. The van der Waals surface area contributed by atoms with Crippen molar-refractivity contribution in [2.24, 2.45) is 4.99 Å². The Bertz CT molecular complexity index is 1340. The summed E-state index contributed by atoms with van der Waals surface area (Å²) in [5, 5.41) is 11.9. The van der Waals surface area contributed by atoms with Crippen molar-refractivity contribution in [2.45, 2.75) is 60.3 Å². The summed E-state index contributed by atoms with van der Waals surface area (Å²) in [6.45, 7) is 12.8. The molecule has 0 aromatic heterocycles. The standard InChI is InChI=1S/C30H36Cl3N5O3Si/c1-20-16-17-29-25(34-21(2)37-29)24(35-26(38(20)29)36-27(39)40-19-30(31,32)33)18-41-42(28(3,4)5,22-12-8-6-9-13-22)23-14-10-7-11-15-23/h6-17,20,24-25,34,37H,2,18-19H2,1,3-5H3,(H,35,36,39)/t20-,24-,25-,29+/m0/s1. The lowest BCUT2D eigenvalue weighted by Gasteiger charge is -2.48. The molecule has 2 aromatic carbocycles. The lowest BCUT2D eigenvalue weighted by Crippen LogP contribution is -2.72. The summed E-state index contributed by atoms with van der Waals surface area (Å²) in [5.74, 6) is 0.993. The van der Waals surface area contributed by atoms with Gasteiger partial charge >= 0.3 is 6.09 Å². The summed E-state index contributed by atoms with van der Waals surface area (Å²) in [6, 6.07) is 20.2. The van der Waals surface area contributed by atoms with Crippen LogP contribution < -0.4 is 26.3 Å². The number of hydrogen-bond donors (Lipinski definition) is 3. The Labute approximate surface area is 263 Å². The van der Waals surface area contributed by atoms with Crippen LogP contribution in [-0.4, -0.2) is 66.1 Å². The monoisotopic (exact) mass is 647 g/mol. The molecule has 4 atom stereocenters. The van der Waals surface area contributed by atoms with E-state index in [1.165, 1.54) is 10.4 Å². The molecule has 3 aliphatic heterocycles. The van der Waals surface area contributed by atoms with Gasteiger partial charge in [0.2, 0.25) is 9.75 Å². The van der Waals surface area contributed by atoms with Crippen molar-refractivity contribution in [1.82, 2.24) is 20.9 Å². The van der Waals surface area contributed by atoms with E-state index in [4.69, 9.17) is 49.0 Å².